The minimum atomic E-state index is 0.711. The van der Waals surface area contributed by atoms with Crippen LogP contribution in [-0.4, -0.2) is 12.6 Å². The van der Waals surface area contributed by atoms with Crippen LogP contribution >= 0.6 is 0 Å². The minimum Gasteiger partial charge on any atom is -0.313 e. The average Bonchev–Trinajstić information content (AvgIpc) is 3.16. The molecule has 0 bridgehead atoms. The van der Waals surface area contributed by atoms with Crippen molar-refractivity contribution in [3.8, 4) is 0 Å². The van der Waals surface area contributed by atoms with Crippen LogP contribution in [0.15, 0.2) is 0 Å². The smallest absolute Gasteiger partial charge is 0.00672 e. The molecule has 0 radical (unpaired) electrons. The molecule has 0 atom stereocenters. The van der Waals surface area contributed by atoms with Gasteiger partial charge in [0.15, 0.2) is 0 Å². The summed E-state index contributed by atoms with van der Waals surface area (Å²) in [5.74, 6) is 0. The summed E-state index contributed by atoms with van der Waals surface area (Å²) < 4.78 is 0. The van der Waals surface area contributed by atoms with Crippen LogP contribution in [0.5, 0.6) is 0 Å². The van der Waals surface area contributed by atoms with Crippen LogP contribution in [0.2, 0.25) is 0 Å². The van der Waals surface area contributed by atoms with Gasteiger partial charge in [0.2, 0.25) is 0 Å². The van der Waals surface area contributed by atoms with Crippen LogP contribution in [0, 0.1) is 5.41 Å². The summed E-state index contributed by atoms with van der Waals surface area (Å²) in [6, 6.07) is 0.799. The number of hydrogen-bond donors (Lipinski definition) is 1. The lowest BCUT2D eigenvalue weighted by Crippen LogP contribution is -2.34. The Labute approximate surface area is 121 Å². The molecule has 0 aromatic heterocycles. The molecule has 0 aromatic rings. The first-order chi connectivity index (χ1) is 9.26. The molecule has 1 aliphatic rings. The molecular weight excluding hydrogens is 230 g/mol. The Bertz CT molecular complexity index is 198. The molecule has 1 fully saturated rings. The van der Waals surface area contributed by atoms with Gasteiger partial charge in [0.25, 0.3) is 0 Å². The molecule has 1 aliphatic carbocycles. The van der Waals surface area contributed by atoms with Gasteiger partial charge in [-0.05, 0) is 37.5 Å². The lowest BCUT2D eigenvalue weighted by molar-refractivity contribution is 0.352. The van der Waals surface area contributed by atoms with Crippen molar-refractivity contribution in [3.63, 3.8) is 0 Å². The van der Waals surface area contributed by atoms with E-state index in [0.717, 1.165) is 6.04 Å². The van der Waals surface area contributed by atoms with E-state index in [4.69, 9.17) is 0 Å². The molecule has 114 valence electrons. The number of unbranched alkanes of at least 4 members (excludes halogenated alkanes) is 4. The van der Waals surface area contributed by atoms with Crippen LogP contribution in [0.25, 0.3) is 0 Å². The van der Waals surface area contributed by atoms with Crippen molar-refractivity contribution in [1.82, 2.24) is 5.32 Å². The fraction of sp³-hybridized carbons (Fsp3) is 1.00. The molecule has 19 heavy (non-hydrogen) atoms. The lowest BCUT2D eigenvalue weighted by Gasteiger charge is -2.23. The van der Waals surface area contributed by atoms with Gasteiger partial charge in [-0.1, -0.05) is 65.7 Å². The monoisotopic (exact) mass is 267 g/mol. The Kier molecular flexibility index (Phi) is 8.77. The first-order valence-electron chi connectivity index (χ1n) is 8.99. The van der Waals surface area contributed by atoms with Gasteiger partial charge in [0.05, 0.1) is 0 Å². The summed E-state index contributed by atoms with van der Waals surface area (Å²) in [5.41, 5.74) is 0.711. The second-order valence-electron chi connectivity index (χ2n) is 6.82. The quantitative estimate of drug-likeness (QED) is 0.423. The van der Waals surface area contributed by atoms with Gasteiger partial charge in [0, 0.05) is 12.6 Å². The Morgan fingerprint density at radius 3 is 1.84 bits per heavy atom. The number of nitrogens with one attached hydrogen (secondary N) is 1. The molecular formula is C18H37N. The summed E-state index contributed by atoms with van der Waals surface area (Å²) >= 11 is 0. The Morgan fingerprint density at radius 2 is 1.42 bits per heavy atom. The third-order valence-electron chi connectivity index (χ3n) is 4.82. The molecule has 0 aromatic carbocycles. The fourth-order valence-corrected chi connectivity index (χ4v) is 3.21. The van der Waals surface area contributed by atoms with Crippen molar-refractivity contribution >= 4 is 0 Å². The van der Waals surface area contributed by atoms with Gasteiger partial charge in [-0.25, -0.2) is 0 Å². The highest BCUT2D eigenvalue weighted by Gasteiger charge is 2.41. The van der Waals surface area contributed by atoms with E-state index in [9.17, 15) is 0 Å². The standard InChI is InChI=1S/C18H37N/c1-4-7-9-11-17(12-10-8-5-2)19-16-18(13-6-3)14-15-18/h17,19H,4-16H2,1-3H3. The van der Waals surface area contributed by atoms with Crippen molar-refractivity contribution < 1.29 is 0 Å². The predicted molar refractivity (Wildman–Crippen MR) is 86.6 cm³/mol. The van der Waals surface area contributed by atoms with E-state index < -0.39 is 0 Å². The molecule has 0 amide bonds. The second-order valence-corrected chi connectivity index (χ2v) is 6.82. The summed E-state index contributed by atoms with van der Waals surface area (Å²) in [4.78, 5) is 0. The Morgan fingerprint density at radius 1 is 0.842 bits per heavy atom. The zero-order valence-corrected chi connectivity index (χ0v) is 13.8. The van der Waals surface area contributed by atoms with Crippen molar-refractivity contribution in [1.29, 1.82) is 0 Å². The summed E-state index contributed by atoms with van der Waals surface area (Å²) in [7, 11) is 0. The third kappa shape index (κ3) is 7.34. The Hall–Kier alpha value is -0.0400. The van der Waals surface area contributed by atoms with Gasteiger partial charge >= 0.3 is 0 Å². The van der Waals surface area contributed by atoms with Crippen LogP contribution in [0.3, 0.4) is 0 Å². The summed E-state index contributed by atoms with van der Waals surface area (Å²) in [6.07, 6.45) is 16.9. The topological polar surface area (TPSA) is 12.0 Å². The van der Waals surface area contributed by atoms with E-state index >= 15 is 0 Å². The van der Waals surface area contributed by atoms with Gasteiger partial charge in [-0.2, -0.15) is 0 Å². The van der Waals surface area contributed by atoms with Crippen LogP contribution in [0.4, 0.5) is 0 Å². The van der Waals surface area contributed by atoms with Gasteiger partial charge < -0.3 is 5.32 Å². The van der Waals surface area contributed by atoms with Crippen LogP contribution in [-0.2, 0) is 0 Å². The molecule has 1 saturated carbocycles. The molecule has 1 nitrogen and oxygen atoms in total. The van der Waals surface area contributed by atoms with E-state index in [0.29, 0.717) is 5.41 Å². The zero-order chi connectivity index (χ0) is 14.0. The first-order valence-corrected chi connectivity index (χ1v) is 8.99. The maximum absolute atomic E-state index is 3.93. The van der Waals surface area contributed by atoms with Crippen molar-refractivity contribution in [2.45, 2.75) is 104 Å². The van der Waals surface area contributed by atoms with Crippen LogP contribution in [0.1, 0.15) is 97.8 Å². The van der Waals surface area contributed by atoms with E-state index in [1.165, 1.54) is 83.6 Å². The minimum absolute atomic E-state index is 0.711. The summed E-state index contributed by atoms with van der Waals surface area (Å²) in [5, 5.41) is 3.93. The van der Waals surface area contributed by atoms with Crippen molar-refractivity contribution in [3.05, 3.63) is 0 Å². The van der Waals surface area contributed by atoms with E-state index in [1.54, 1.807) is 0 Å². The van der Waals surface area contributed by atoms with E-state index in [2.05, 4.69) is 26.1 Å². The molecule has 0 aliphatic heterocycles. The largest absolute Gasteiger partial charge is 0.313 e. The molecule has 0 heterocycles. The third-order valence-corrected chi connectivity index (χ3v) is 4.82. The maximum atomic E-state index is 3.93. The number of rotatable bonds is 13. The number of hydrogen-bond acceptors (Lipinski definition) is 1. The molecule has 0 unspecified atom stereocenters. The normalized spacial score (nSPS) is 17.1. The Balaban J connectivity index is 2.22. The van der Waals surface area contributed by atoms with Gasteiger partial charge in [-0.15, -0.1) is 0 Å². The highest BCUT2D eigenvalue weighted by molar-refractivity contribution is 4.95. The first kappa shape index (κ1) is 17.0. The predicted octanol–water partition coefficient (Wildman–Crippen LogP) is 5.69. The highest BCUT2D eigenvalue weighted by atomic mass is 14.9. The van der Waals surface area contributed by atoms with Crippen molar-refractivity contribution in [2.75, 3.05) is 6.54 Å². The average molecular weight is 268 g/mol. The van der Waals surface area contributed by atoms with E-state index in [1.807, 2.05) is 0 Å². The maximum Gasteiger partial charge on any atom is 0.00672 e. The van der Waals surface area contributed by atoms with Gasteiger partial charge in [-0.3, -0.25) is 0 Å². The van der Waals surface area contributed by atoms with Crippen LogP contribution < -0.4 is 5.32 Å². The second kappa shape index (κ2) is 9.80. The SMILES string of the molecule is CCCCCC(CCCCC)NCC1(CCC)CC1. The molecule has 1 rings (SSSR count). The van der Waals surface area contributed by atoms with Gasteiger partial charge in [0.1, 0.15) is 0 Å². The fourth-order valence-electron chi connectivity index (χ4n) is 3.21. The molecule has 0 saturated heterocycles. The molecule has 1 heteroatoms. The molecule has 1 N–H and O–H groups in total. The summed E-state index contributed by atoms with van der Waals surface area (Å²) in [6.45, 7) is 8.24. The molecule has 0 spiro atoms. The van der Waals surface area contributed by atoms with E-state index in [-0.39, 0.29) is 0 Å². The highest BCUT2D eigenvalue weighted by Crippen LogP contribution is 2.49. The zero-order valence-electron chi connectivity index (χ0n) is 13.8. The van der Waals surface area contributed by atoms with Crippen molar-refractivity contribution in [2.24, 2.45) is 5.41 Å². The lowest BCUT2D eigenvalue weighted by atomic mass is 9.97.